The van der Waals surface area contributed by atoms with Crippen LogP contribution >= 0.6 is 0 Å². The number of benzene rings is 3. The van der Waals surface area contributed by atoms with Crippen LogP contribution < -0.4 is 9.47 Å². The number of carbonyl (C=O) groups excluding carboxylic acids is 1. The molecule has 0 spiro atoms. The van der Waals surface area contributed by atoms with E-state index < -0.39 is 0 Å². The molecule has 6 heteroatoms. The number of hydrogen-bond donors (Lipinski definition) is 0. The summed E-state index contributed by atoms with van der Waals surface area (Å²) in [6.07, 6.45) is 4.69. The summed E-state index contributed by atoms with van der Waals surface area (Å²) >= 11 is 0. The fourth-order valence-corrected chi connectivity index (χ4v) is 5.90. The van der Waals surface area contributed by atoms with Gasteiger partial charge >= 0.3 is 0 Å². The predicted molar refractivity (Wildman–Crippen MR) is 163 cm³/mol. The third kappa shape index (κ3) is 6.60. The van der Waals surface area contributed by atoms with Gasteiger partial charge in [0, 0.05) is 56.0 Å². The highest BCUT2D eigenvalue weighted by Gasteiger charge is 2.38. The summed E-state index contributed by atoms with van der Waals surface area (Å²) in [4.78, 5) is 21.7. The molecule has 2 heterocycles. The van der Waals surface area contributed by atoms with Crippen molar-refractivity contribution in [2.24, 2.45) is 0 Å². The molecule has 3 aromatic carbocycles. The monoisotopic (exact) mass is 549 g/mol. The molecule has 1 aromatic heterocycles. The Labute approximate surface area is 243 Å². The molecule has 41 heavy (non-hydrogen) atoms. The number of methoxy groups -OCH3 is 2. The maximum atomic E-state index is 13.0. The van der Waals surface area contributed by atoms with Crippen LogP contribution in [0.3, 0.4) is 0 Å². The van der Waals surface area contributed by atoms with E-state index in [1.165, 1.54) is 16.7 Å². The average molecular weight is 550 g/mol. The number of hydrogen-bond acceptors (Lipinski definition) is 5. The van der Waals surface area contributed by atoms with Crippen LogP contribution in [0.25, 0.3) is 0 Å². The van der Waals surface area contributed by atoms with Crippen molar-refractivity contribution in [3.8, 4) is 11.5 Å². The molecule has 0 saturated carbocycles. The molecular formula is C35H39N3O3. The Bertz CT molecular complexity index is 1360. The number of aromatic nitrogens is 1. The first kappa shape index (κ1) is 28.4. The average Bonchev–Trinajstić information content (AvgIpc) is 3.04. The smallest absolute Gasteiger partial charge is 0.253 e. The quantitative estimate of drug-likeness (QED) is 0.243. The van der Waals surface area contributed by atoms with Crippen molar-refractivity contribution in [1.82, 2.24) is 14.8 Å². The zero-order chi connectivity index (χ0) is 28.7. The van der Waals surface area contributed by atoms with E-state index in [9.17, 15) is 4.79 Å². The van der Waals surface area contributed by atoms with E-state index in [1.54, 1.807) is 25.3 Å². The van der Waals surface area contributed by atoms with E-state index in [-0.39, 0.29) is 11.3 Å². The first-order chi connectivity index (χ1) is 20.0. The van der Waals surface area contributed by atoms with Gasteiger partial charge in [-0.15, -0.1) is 0 Å². The topological polar surface area (TPSA) is 54.9 Å². The van der Waals surface area contributed by atoms with Crippen molar-refractivity contribution >= 4 is 5.91 Å². The predicted octanol–water partition coefficient (Wildman–Crippen LogP) is 6.00. The van der Waals surface area contributed by atoms with Gasteiger partial charge in [0.25, 0.3) is 5.91 Å². The minimum Gasteiger partial charge on any atom is -0.497 e. The summed E-state index contributed by atoms with van der Waals surface area (Å²) in [5.41, 5.74) is 5.36. The molecule has 1 saturated heterocycles. The van der Waals surface area contributed by atoms with Gasteiger partial charge in [-0.1, -0.05) is 42.5 Å². The summed E-state index contributed by atoms with van der Waals surface area (Å²) < 4.78 is 10.9. The second-order valence-corrected chi connectivity index (χ2v) is 10.8. The van der Waals surface area contributed by atoms with E-state index >= 15 is 0 Å². The normalized spacial score (nSPS) is 14.8. The molecule has 4 aromatic rings. The Morgan fingerprint density at radius 3 is 2.07 bits per heavy atom. The summed E-state index contributed by atoms with van der Waals surface area (Å²) in [5, 5.41) is 0. The molecule has 5 rings (SSSR count). The van der Waals surface area contributed by atoms with Crippen molar-refractivity contribution in [2.75, 3.05) is 40.9 Å². The molecule has 0 N–H and O–H groups in total. The molecule has 1 fully saturated rings. The van der Waals surface area contributed by atoms with Gasteiger partial charge in [-0.3, -0.25) is 14.7 Å². The number of ether oxygens (including phenoxy) is 2. The van der Waals surface area contributed by atoms with E-state index in [2.05, 4.69) is 70.5 Å². The van der Waals surface area contributed by atoms with Gasteiger partial charge in [-0.05, 0) is 84.6 Å². The van der Waals surface area contributed by atoms with Crippen LogP contribution in [0.5, 0.6) is 11.5 Å². The number of likely N-dealkylation sites (tertiary alicyclic amines) is 1. The van der Waals surface area contributed by atoms with Crippen LogP contribution in [0.1, 0.15) is 45.6 Å². The zero-order valence-corrected chi connectivity index (χ0v) is 24.3. The molecule has 6 nitrogen and oxygen atoms in total. The van der Waals surface area contributed by atoms with E-state index in [1.807, 2.05) is 37.4 Å². The fourth-order valence-electron chi connectivity index (χ4n) is 5.90. The molecule has 0 radical (unpaired) electrons. The van der Waals surface area contributed by atoms with Crippen LogP contribution in [0.2, 0.25) is 0 Å². The highest BCUT2D eigenvalue weighted by Crippen LogP contribution is 2.41. The van der Waals surface area contributed by atoms with Gasteiger partial charge in [0.1, 0.15) is 11.5 Å². The molecule has 1 amide bonds. The number of amides is 1. The van der Waals surface area contributed by atoms with Crippen LogP contribution in [0.4, 0.5) is 0 Å². The SMILES string of the molecule is COc1ccc(C2(c3ccc(OC)cc3)CCCN(Cc3ccc(C(=O)N(C)CCc4ccccn4)cc3)C2)cc1. The minimum absolute atomic E-state index is 0.0310. The summed E-state index contributed by atoms with van der Waals surface area (Å²) in [6, 6.07) is 31.0. The zero-order valence-electron chi connectivity index (χ0n) is 24.3. The summed E-state index contributed by atoms with van der Waals surface area (Å²) in [5.74, 6) is 1.76. The standard InChI is InChI=1S/C35H39N3O3/c1-37(24-20-31-7-4-5-22-36-31)34(39)28-10-8-27(9-11-28)25-38-23-6-21-35(26-38,29-12-16-32(40-2)17-13-29)30-14-18-33(41-3)19-15-30/h4-5,7-19,22H,6,20-21,23-26H2,1-3H3. The van der Waals surface area contributed by atoms with Crippen molar-refractivity contribution in [2.45, 2.75) is 31.2 Å². The number of piperidine rings is 1. The lowest BCUT2D eigenvalue weighted by atomic mass is 9.69. The van der Waals surface area contributed by atoms with Gasteiger partial charge in [0.05, 0.1) is 14.2 Å². The summed E-state index contributed by atoms with van der Waals surface area (Å²) in [6.45, 7) is 3.40. The van der Waals surface area contributed by atoms with E-state index in [0.29, 0.717) is 12.1 Å². The minimum atomic E-state index is -0.136. The number of nitrogens with zero attached hydrogens (tertiary/aromatic N) is 3. The van der Waals surface area contributed by atoms with E-state index in [4.69, 9.17) is 9.47 Å². The number of carbonyl (C=O) groups is 1. The second-order valence-electron chi connectivity index (χ2n) is 10.8. The highest BCUT2D eigenvalue weighted by atomic mass is 16.5. The van der Waals surface area contributed by atoms with Crippen LogP contribution in [0, 0.1) is 0 Å². The maximum Gasteiger partial charge on any atom is 0.253 e. The third-order valence-corrected chi connectivity index (χ3v) is 8.24. The number of rotatable bonds is 10. The Morgan fingerprint density at radius 2 is 1.51 bits per heavy atom. The van der Waals surface area contributed by atoms with Crippen molar-refractivity contribution in [1.29, 1.82) is 0 Å². The first-order valence-corrected chi connectivity index (χ1v) is 14.3. The Hall–Kier alpha value is -4.16. The van der Waals surface area contributed by atoms with Crippen molar-refractivity contribution < 1.29 is 14.3 Å². The Balaban J connectivity index is 1.29. The summed E-state index contributed by atoms with van der Waals surface area (Å²) in [7, 11) is 5.26. The van der Waals surface area contributed by atoms with Crippen LogP contribution in [-0.4, -0.2) is 61.6 Å². The molecule has 1 aliphatic heterocycles. The molecular weight excluding hydrogens is 510 g/mol. The lowest BCUT2D eigenvalue weighted by molar-refractivity contribution is 0.0796. The fraction of sp³-hybridized carbons (Fsp3) is 0.314. The Morgan fingerprint density at radius 1 is 0.878 bits per heavy atom. The van der Waals surface area contributed by atoms with Crippen LogP contribution in [0.15, 0.2) is 97.2 Å². The third-order valence-electron chi connectivity index (χ3n) is 8.24. The van der Waals surface area contributed by atoms with Gasteiger partial charge in [-0.2, -0.15) is 0 Å². The van der Waals surface area contributed by atoms with Crippen LogP contribution in [-0.2, 0) is 18.4 Å². The lowest BCUT2D eigenvalue weighted by Gasteiger charge is -2.44. The molecule has 0 unspecified atom stereocenters. The number of pyridine rings is 1. The molecule has 212 valence electrons. The lowest BCUT2D eigenvalue weighted by Crippen LogP contribution is -2.46. The van der Waals surface area contributed by atoms with Gasteiger partial charge in [0.15, 0.2) is 0 Å². The van der Waals surface area contributed by atoms with Crippen molar-refractivity contribution in [3.05, 3.63) is 125 Å². The van der Waals surface area contributed by atoms with Gasteiger partial charge < -0.3 is 14.4 Å². The van der Waals surface area contributed by atoms with Gasteiger partial charge in [0.2, 0.25) is 0 Å². The van der Waals surface area contributed by atoms with E-state index in [0.717, 1.165) is 56.1 Å². The highest BCUT2D eigenvalue weighted by molar-refractivity contribution is 5.94. The molecule has 0 bridgehead atoms. The van der Waals surface area contributed by atoms with Crippen molar-refractivity contribution in [3.63, 3.8) is 0 Å². The first-order valence-electron chi connectivity index (χ1n) is 14.3. The maximum absolute atomic E-state index is 13.0. The Kier molecular flexibility index (Phi) is 9.00. The molecule has 0 aliphatic carbocycles. The second kappa shape index (κ2) is 13.0. The molecule has 0 atom stereocenters. The molecule has 1 aliphatic rings. The van der Waals surface area contributed by atoms with Gasteiger partial charge in [-0.25, -0.2) is 0 Å². The number of likely N-dealkylation sites (N-methyl/N-ethyl adjacent to an activating group) is 1. The largest absolute Gasteiger partial charge is 0.497 e.